The molecule has 1 aliphatic rings. The minimum Gasteiger partial charge on any atom is -0.368 e. The lowest BCUT2D eigenvalue weighted by Crippen LogP contribution is -2.46. The van der Waals surface area contributed by atoms with Gasteiger partial charge in [-0.2, -0.15) is 0 Å². The van der Waals surface area contributed by atoms with E-state index in [4.69, 9.17) is 11.6 Å². The summed E-state index contributed by atoms with van der Waals surface area (Å²) in [6.45, 7) is 7.86. The van der Waals surface area contributed by atoms with E-state index in [0.29, 0.717) is 10.7 Å². The van der Waals surface area contributed by atoms with Crippen LogP contribution in [-0.2, 0) is 0 Å². The monoisotopic (exact) mass is 311 g/mol. The van der Waals surface area contributed by atoms with Crippen LogP contribution >= 0.6 is 11.6 Å². The Labute approximate surface area is 128 Å². The summed E-state index contributed by atoms with van der Waals surface area (Å²) < 4.78 is 0. The molecule has 1 saturated heterocycles. The predicted molar refractivity (Wildman–Crippen MR) is 82.4 cm³/mol. The van der Waals surface area contributed by atoms with Crippen LogP contribution in [0.1, 0.15) is 24.2 Å². The summed E-state index contributed by atoms with van der Waals surface area (Å²) >= 11 is 6.18. The summed E-state index contributed by atoms with van der Waals surface area (Å²) in [4.78, 5) is 26.5. The number of benzene rings is 1. The number of carbonyl (C=O) groups is 1. The third kappa shape index (κ3) is 3.33. The molecule has 7 heteroatoms. The molecule has 0 bridgehead atoms. The summed E-state index contributed by atoms with van der Waals surface area (Å²) in [5.41, 5.74) is 0.573. The zero-order valence-corrected chi connectivity index (χ0v) is 12.9. The molecular weight excluding hydrogens is 294 g/mol. The molecule has 1 aromatic rings. The first-order valence-corrected chi connectivity index (χ1v) is 7.28. The van der Waals surface area contributed by atoms with Gasteiger partial charge in [-0.25, -0.2) is 0 Å². The van der Waals surface area contributed by atoms with Crippen molar-refractivity contribution in [2.75, 3.05) is 37.6 Å². The number of piperazine rings is 1. The van der Waals surface area contributed by atoms with Crippen molar-refractivity contribution in [1.82, 2.24) is 4.90 Å². The lowest BCUT2D eigenvalue weighted by atomic mass is 10.1. The summed E-state index contributed by atoms with van der Waals surface area (Å²) in [7, 11) is 0. The Bertz CT molecular complexity index is 569. The second-order valence-corrected chi connectivity index (χ2v) is 5.46. The SMILES string of the molecule is CCN1CCN(c2cc(C(C)=O)c([N+](=O)[O-])cc2Cl)CC1. The van der Waals surface area contributed by atoms with Gasteiger partial charge in [-0.1, -0.05) is 18.5 Å². The van der Waals surface area contributed by atoms with Gasteiger partial charge in [-0.05, 0) is 19.5 Å². The molecule has 1 aromatic carbocycles. The number of nitro benzene ring substituents is 1. The molecule has 6 nitrogen and oxygen atoms in total. The van der Waals surface area contributed by atoms with E-state index < -0.39 is 4.92 Å². The van der Waals surface area contributed by atoms with Crippen molar-refractivity contribution in [3.8, 4) is 0 Å². The number of carbonyl (C=O) groups excluding carboxylic acids is 1. The number of nitro groups is 1. The van der Waals surface area contributed by atoms with Gasteiger partial charge < -0.3 is 9.80 Å². The normalized spacial score (nSPS) is 16.0. The van der Waals surface area contributed by atoms with Crippen molar-refractivity contribution in [3.63, 3.8) is 0 Å². The van der Waals surface area contributed by atoms with Crippen LogP contribution in [0.15, 0.2) is 12.1 Å². The van der Waals surface area contributed by atoms with E-state index in [1.807, 2.05) is 0 Å². The standard InChI is InChI=1S/C14H18ClN3O3/c1-3-16-4-6-17(7-5-16)14-8-11(10(2)19)13(18(20)21)9-12(14)15/h8-9H,3-7H2,1-2H3. The van der Waals surface area contributed by atoms with Crippen molar-refractivity contribution in [2.24, 2.45) is 0 Å². The fourth-order valence-electron chi connectivity index (χ4n) is 2.53. The lowest BCUT2D eigenvalue weighted by molar-refractivity contribution is -0.385. The third-order valence-electron chi connectivity index (χ3n) is 3.80. The minimum absolute atomic E-state index is 0.109. The van der Waals surface area contributed by atoms with E-state index in [9.17, 15) is 14.9 Å². The lowest BCUT2D eigenvalue weighted by Gasteiger charge is -2.36. The van der Waals surface area contributed by atoms with Crippen LogP contribution in [0.4, 0.5) is 11.4 Å². The topological polar surface area (TPSA) is 66.7 Å². The number of rotatable bonds is 4. The Kier molecular flexibility index (Phi) is 4.80. The van der Waals surface area contributed by atoms with Gasteiger partial charge in [-0.3, -0.25) is 14.9 Å². The van der Waals surface area contributed by atoms with Crippen molar-refractivity contribution < 1.29 is 9.72 Å². The second-order valence-electron chi connectivity index (χ2n) is 5.06. The number of nitrogens with zero attached hydrogens (tertiary/aromatic N) is 3. The fourth-order valence-corrected chi connectivity index (χ4v) is 2.81. The maximum absolute atomic E-state index is 11.6. The number of hydrogen-bond donors (Lipinski definition) is 0. The van der Waals surface area contributed by atoms with Gasteiger partial charge in [0, 0.05) is 32.2 Å². The van der Waals surface area contributed by atoms with E-state index in [2.05, 4.69) is 16.7 Å². The van der Waals surface area contributed by atoms with Gasteiger partial charge in [0.1, 0.15) is 0 Å². The molecule has 21 heavy (non-hydrogen) atoms. The number of halogens is 1. The van der Waals surface area contributed by atoms with Gasteiger partial charge >= 0.3 is 0 Å². The largest absolute Gasteiger partial charge is 0.368 e. The smallest absolute Gasteiger partial charge is 0.281 e. The first-order chi connectivity index (χ1) is 9.93. The molecule has 0 spiro atoms. The van der Waals surface area contributed by atoms with E-state index >= 15 is 0 Å². The van der Waals surface area contributed by atoms with Crippen LogP contribution in [0.2, 0.25) is 5.02 Å². The maximum atomic E-state index is 11.6. The van der Waals surface area contributed by atoms with Crippen LogP contribution in [0.5, 0.6) is 0 Å². The molecule has 2 rings (SSSR count). The van der Waals surface area contributed by atoms with E-state index in [-0.39, 0.29) is 17.0 Å². The highest BCUT2D eigenvalue weighted by Crippen LogP contribution is 2.34. The highest BCUT2D eigenvalue weighted by Gasteiger charge is 2.24. The van der Waals surface area contributed by atoms with Gasteiger partial charge in [0.05, 0.1) is 21.2 Å². The molecule has 1 fully saturated rings. The molecule has 0 N–H and O–H groups in total. The van der Waals surface area contributed by atoms with Gasteiger partial charge in [-0.15, -0.1) is 0 Å². The second kappa shape index (κ2) is 6.41. The van der Waals surface area contributed by atoms with Crippen molar-refractivity contribution in [2.45, 2.75) is 13.8 Å². The molecule has 1 aliphatic heterocycles. The Balaban J connectivity index is 2.34. The Morgan fingerprint density at radius 2 is 1.95 bits per heavy atom. The number of hydrogen-bond acceptors (Lipinski definition) is 5. The molecule has 0 radical (unpaired) electrons. The van der Waals surface area contributed by atoms with E-state index in [1.54, 1.807) is 6.07 Å². The quantitative estimate of drug-likeness (QED) is 0.486. The molecule has 0 amide bonds. The van der Waals surface area contributed by atoms with E-state index in [0.717, 1.165) is 32.7 Å². The average molecular weight is 312 g/mol. The summed E-state index contributed by atoms with van der Waals surface area (Å²) in [5.74, 6) is -0.327. The van der Waals surface area contributed by atoms with Gasteiger partial charge in [0.25, 0.3) is 5.69 Å². The zero-order chi connectivity index (χ0) is 15.6. The Hall–Kier alpha value is -1.66. The summed E-state index contributed by atoms with van der Waals surface area (Å²) in [5, 5.41) is 11.3. The van der Waals surface area contributed by atoms with Crippen LogP contribution in [-0.4, -0.2) is 48.3 Å². The molecule has 0 aromatic heterocycles. The molecule has 114 valence electrons. The summed E-state index contributed by atoms with van der Waals surface area (Å²) in [6.07, 6.45) is 0. The Morgan fingerprint density at radius 1 is 1.33 bits per heavy atom. The number of ketones is 1. The van der Waals surface area contributed by atoms with Crippen molar-refractivity contribution >= 4 is 28.8 Å². The number of likely N-dealkylation sites (N-methyl/N-ethyl adjacent to an activating group) is 1. The van der Waals surface area contributed by atoms with E-state index in [1.165, 1.54) is 13.0 Å². The Morgan fingerprint density at radius 3 is 2.43 bits per heavy atom. The summed E-state index contributed by atoms with van der Waals surface area (Å²) in [6, 6.07) is 2.82. The van der Waals surface area contributed by atoms with Crippen LogP contribution in [0.3, 0.4) is 0 Å². The number of anilines is 1. The molecule has 0 unspecified atom stereocenters. The van der Waals surface area contributed by atoms with Gasteiger partial charge in [0.15, 0.2) is 5.78 Å². The molecular formula is C14H18ClN3O3. The van der Waals surface area contributed by atoms with Gasteiger partial charge in [0.2, 0.25) is 0 Å². The minimum atomic E-state index is -0.568. The highest BCUT2D eigenvalue weighted by molar-refractivity contribution is 6.33. The first kappa shape index (κ1) is 15.7. The zero-order valence-electron chi connectivity index (χ0n) is 12.1. The third-order valence-corrected chi connectivity index (χ3v) is 4.10. The van der Waals surface area contributed by atoms with Crippen LogP contribution < -0.4 is 4.90 Å². The first-order valence-electron chi connectivity index (χ1n) is 6.90. The number of Topliss-reactive ketones (excluding diaryl/α,β-unsaturated/α-hetero) is 1. The van der Waals surface area contributed by atoms with Crippen molar-refractivity contribution in [3.05, 3.63) is 32.8 Å². The molecule has 0 saturated carbocycles. The molecule has 1 heterocycles. The average Bonchev–Trinajstić information content (AvgIpc) is 2.46. The highest BCUT2D eigenvalue weighted by atomic mass is 35.5. The predicted octanol–water partition coefficient (Wildman–Crippen LogP) is 2.59. The molecule has 0 aliphatic carbocycles. The van der Waals surface area contributed by atoms with Crippen molar-refractivity contribution in [1.29, 1.82) is 0 Å². The molecule has 0 atom stereocenters. The fraction of sp³-hybridized carbons (Fsp3) is 0.500. The van der Waals surface area contributed by atoms with Crippen LogP contribution in [0.25, 0.3) is 0 Å². The maximum Gasteiger partial charge on any atom is 0.281 e. The van der Waals surface area contributed by atoms with Crippen LogP contribution in [0, 0.1) is 10.1 Å².